The van der Waals surface area contributed by atoms with Crippen molar-refractivity contribution in [2.75, 3.05) is 0 Å². The van der Waals surface area contributed by atoms with Gasteiger partial charge in [0.15, 0.2) is 0 Å². The molecule has 0 bridgehead atoms. The van der Waals surface area contributed by atoms with E-state index in [2.05, 4.69) is 78.8 Å². The second-order valence-electron chi connectivity index (χ2n) is 17.2. The van der Waals surface area contributed by atoms with E-state index >= 15 is 0 Å². The lowest BCUT2D eigenvalue weighted by molar-refractivity contribution is -0.226. The van der Waals surface area contributed by atoms with Gasteiger partial charge in [-0.15, -0.1) is 0 Å². The van der Waals surface area contributed by atoms with Crippen molar-refractivity contribution in [3.05, 3.63) is 41.5 Å². The Hall–Kier alpha value is -1.57. The zero-order chi connectivity index (χ0) is 28.5. The summed E-state index contributed by atoms with van der Waals surface area (Å²) in [5.41, 5.74) is 11.6. The summed E-state index contributed by atoms with van der Waals surface area (Å²) in [5, 5.41) is 0. The fraction of sp³-hybridized carbons (Fsp3) is 0.763. The molecule has 0 radical (unpaired) electrons. The summed E-state index contributed by atoms with van der Waals surface area (Å²) in [6.07, 6.45) is 15.1. The minimum Gasteiger partial charge on any atom is -0.369 e. The molecule has 11 atom stereocenters. The van der Waals surface area contributed by atoms with Crippen LogP contribution in [0.2, 0.25) is 0 Å². The summed E-state index contributed by atoms with van der Waals surface area (Å²) < 4.78 is 0. The van der Waals surface area contributed by atoms with Gasteiger partial charge in [-0.05, 0) is 145 Å². The number of aryl methyl sites for hydroxylation is 1. The predicted molar refractivity (Wildman–Crippen MR) is 165 cm³/mol. The highest BCUT2D eigenvalue weighted by Crippen LogP contribution is 2.78. The van der Waals surface area contributed by atoms with Gasteiger partial charge in [0.05, 0.1) is 5.41 Å². The van der Waals surface area contributed by atoms with Crippen molar-refractivity contribution in [1.29, 1.82) is 0 Å². The molecule has 0 aromatic heterocycles. The van der Waals surface area contributed by atoms with Gasteiger partial charge in [-0.3, -0.25) is 4.79 Å². The van der Waals surface area contributed by atoms with Crippen LogP contribution in [-0.2, 0) is 4.79 Å². The van der Waals surface area contributed by atoms with Crippen LogP contribution in [0.5, 0.6) is 0 Å². The average molecular weight is 542 g/mol. The number of hydrogen-bond acceptors (Lipinski definition) is 1. The fourth-order valence-electron chi connectivity index (χ4n) is 13.3. The van der Waals surface area contributed by atoms with E-state index in [0.29, 0.717) is 34.0 Å². The molecule has 1 aromatic rings. The number of amides is 1. The molecule has 2 N–H and O–H groups in total. The standard InChI is InChI=1S/C38H55NO/c1-23-8-10-25(11-9-23)28-15-17-35(5)30(34(28,3)4)16-18-37(7)31(35)13-12-29-32-26(27-22-24(27)2)14-19-38(32,33(39)40)21-20-36(29,37)6/h8-11,15,24,26-27,29-32H,12-14,16-22H2,1-7H3,(H2,39,40)/t24?,26-,27+,29+,30-,31+,32+,35-,36+,37+,38-/m0/s1. The smallest absolute Gasteiger partial charge is 0.223 e. The lowest BCUT2D eigenvalue weighted by atomic mass is 9.32. The van der Waals surface area contributed by atoms with Crippen LogP contribution in [0.4, 0.5) is 0 Å². The van der Waals surface area contributed by atoms with E-state index in [-0.39, 0.29) is 16.7 Å². The first-order valence-electron chi connectivity index (χ1n) is 16.9. The van der Waals surface area contributed by atoms with Crippen molar-refractivity contribution in [2.45, 2.75) is 113 Å². The summed E-state index contributed by atoms with van der Waals surface area (Å²) in [4.78, 5) is 13.3. The molecule has 0 heterocycles. The first-order chi connectivity index (χ1) is 18.8. The van der Waals surface area contributed by atoms with Gasteiger partial charge in [-0.2, -0.15) is 0 Å². The van der Waals surface area contributed by atoms with Crippen LogP contribution in [0.25, 0.3) is 5.57 Å². The van der Waals surface area contributed by atoms with E-state index in [1.54, 1.807) is 5.57 Å². The first-order valence-corrected chi connectivity index (χ1v) is 16.9. The number of benzene rings is 1. The molecule has 1 amide bonds. The number of rotatable bonds is 3. The highest BCUT2D eigenvalue weighted by molar-refractivity contribution is 5.82. The number of carbonyl (C=O) groups is 1. The molecule has 6 aliphatic carbocycles. The summed E-state index contributed by atoms with van der Waals surface area (Å²) >= 11 is 0. The first kappa shape index (κ1) is 27.3. The third kappa shape index (κ3) is 3.32. The summed E-state index contributed by atoms with van der Waals surface area (Å²) in [6, 6.07) is 9.29. The van der Waals surface area contributed by atoms with E-state index in [4.69, 9.17) is 5.73 Å². The Morgan fingerprint density at radius 3 is 2.17 bits per heavy atom. The molecule has 6 aliphatic rings. The van der Waals surface area contributed by atoms with Crippen molar-refractivity contribution in [2.24, 2.45) is 74.2 Å². The summed E-state index contributed by atoms with van der Waals surface area (Å²) in [6.45, 7) is 17.9. The van der Waals surface area contributed by atoms with Crippen LogP contribution < -0.4 is 5.73 Å². The van der Waals surface area contributed by atoms with Crippen LogP contribution in [0.1, 0.15) is 117 Å². The summed E-state index contributed by atoms with van der Waals surface area (Å²) in [5.74, 6) is 5.10. The van der Waals surface area contributed by atoms with Gasteiger partial charge in [-0.1, -0.05) is 77.4 Å². The Morgan fingerprint density at radius 2 is 1.52 bits per heavy atom. The third-order valence-corrected chi connectivity index (χ3v) is 15.6. The number of allylic oxidation sites excluding steroid dienone is 2. The molecular weight excluding hydrogens is 486 g/mol. The van der Waals surface area contributed by atoms with E-state index in [1.165, 1.54) is 62.5 Å². The number of hydrogen-bond donors (Lipinski definition) is 1. The van der Waals surface area contributed by atoms with Gasteiger partial charge in [0.25, 0.3) is 0 Å². The molecule has 2 heteroatoms. The molecule has 0 spiro atoms. The lowest BCUT2D eigenvalue weighted by Gasteiger charge is -2.72. The largest absolute Gasteiger partial charge is 0.369 e. The van der Waals surface area contributed by atoms with Crippen molar-refractivity contribution in [3.8, 4) is 0 Å². The van der Waals surface area contributed by atoms with Crippen LogP contribution in [0, 0.1) is 75.4 Å². The topological polar surface area (TPSA) is 43.1 Å². The molecule has 40 heavy (non-hydrogen) atoms. The quantitative estimate of drug-likeness (QED) is 0.407. The maximum absolute atomic E-state index is 13.3. The van der Waals surface area contributed by atoms with Crippen LogP contribution in [0.3, 0.4) is 0 Å². The monoisotopic (exact) mass is 541 g/mol. The number of primary amides is 1. The van der Waals surface area contributed by atoms with Crippen molar-refractivity contribution < 1.29 is 4.79 Å². The SMILES string of the molecule is Cc1ccc(C2=CC[C@]3(C)[C@H]4CC[C@@H]5[C@H]6[C@H]([C@@H]7CC7C)CC[C@]6(C(N)=O)CC[C@@]5(C)[C@]4(C)CC[C@H]3C2(C)C)cc1. The highest BCUT2D eigenvalue weighted by Gasteiger charge is 2.72. The Labute approximate surface area is 244 Å². The fourth-order valence-corrected chi connectivity index (χ4v) is 13.3. The molecule has 0 aliphatic heterocycles. The van der Waals surface area contributed by atoms with E-state index in [9.17, 15) is 4.79 Å². The van der Waals surface area contributed by atoms with Gasteiger partial charge in [0.2, 0.25) is 5.91 Å². The molecule has 1 aromatic carbocycles. The zero-order valence-corrected chi connectivity index (χ0v) is 26.5. The normalized spacial score (nSPS) is 50.6. The molecular formula is C38H55NO. The Bertz CT molecular complexity index is 1240. The molecule has 7 rings (SSSR count). The molecule has 0 saturated heterocycles. The molecule has 5 fully saturated rings. The van der Waals surface area contributed by atoms with Crippen LogP contribution >= 0.6 is 0 Å². The molecule has 5 saturated carbocycles. The van der Waals surface area contributed by atoms with Gasteiger partial charge in [-0.25, -0.2) is 0 Å². The Morgan fingerprint density at radius 1 is 0.825 bits per heavy atom. The van der Waals surface area contributed by atoms with Gasteiger partial charge >= 0.3 is 0 Å². The molecule has 218 valence electrons. The number of fused-ring (bicyclic) bond motifs is 7. The number of carbonyl (C=O) groups excluding carboxylic acids is 1. The zero-order valence-electron chi connectivity index (χ0n) is 26.5. The number of nitrogens with two attached hydrogens (primary N) is 1. The Kier molecular flexibility index (Phi) is 5.80. The van der Waals surface area contributed by atoms with E-state index in [1.807, 2.05) is 0 Å². The van der Waals surface area contributed by atoms with E-state index < -0.39 is 0 Å². The van der Waals surface area contributed by atoms with Crippen LogP contribution in [-0.4, -0.2) is 5.91 Å². The van der Waals surface area contributed by atoms with E-state index in [0.717, 1.165) is 36.5 Å². The molecule has 2 nitrogen and oxygen atoms in total. The van der Waals surface area contributed by atoms with Gasteiger partial charge in [0.1, 0.15) is 0 Å². The predicted octanol–water partition coefficient (Wildman–Crippen LogP) is 9.21. The Balaban J connectivity index is 1.26. The third-order valence-electron chi connectivity index (χ3n) is 15.6. The second-order valence-corrected chi connectivity index (χ2v) is 17.2. The highest BCUT2D eigenvalue weighted by atomic mass is 16.1. The van der Waals surface area contributed by atoms with Gasteiger partial charge < -0.3 is 5.73 Å². The minimum absolute atomic E-state index is 0.0427. The average Bonchev–Trinajstić information content (AvgIpc) is 3.47. The maximum atomic E-state index is 13.3. The summed E-state index contributed by atoms with van der Waals surface area (Å²) in [7, 11) is 0. The lowest BCUT2D eigenvalue weighted by Crippen LogP contribution is -2.66. The second kappa shape index (κ2) is 8.50. The van der Waals surface area contributed by atoms with Crippen molar-refractivity contribution in [3.63, 3.8) is 0 Å². The van der Waals surface area contributed by atoms with Crippen LogP contribution in [0.15, 0.2) is 30.3 Å². The molecule has 1 unspecified atom stereocenters. The van der Waals surface area contributed by atoms with Crippen molar-refractivity contribution >= 4 is 11.5 Å². The minimum atomic E-state index is -0.222. The van der Waals surface area contributed by atoms with Crippen molar-refractivity contribution in [1.82, 2.24) is 0 Å². The van der Waals surface area contributed by atoms with Gasteiger partial charge in [0, 0.05) is 0 Å². The maximum Gasteiger partial charge on any atom is 0.223 e.